The van der Waals surface area contributed by atoms with Crippen LogP contribution in [0.25, 0.3) is 0 Å². The molecule has 152 valence electrons. The molecule has 0 heterocycles. The van der Waals surface area contributed by atoms with E-state index in [1.54, 1.807) is 21.3 Å². The Bertz CT molecular complexity index is 790. The summed E-state index contributed by atoms with van der Waals surface area (Å²) in [5, 5.41) is 5.85. The van der Waals surface area contributed by atoms with E-state index in [0.717, 1.165) is 16.9 Å². The van der Waals surface area contributed by atoms with Crippen molar-refractivity contribution >= 4 is 6.03 Å². The second kappa shape index (κ2) is 9.88. The smallest absolute Gasteiger partial charge is 0.314 e. The van der Waals surface area contributed by atoms with Crippen LogP contribution < -0.4 is 24.8 Å². The molecule has 0 saturated heterocycles. The minimum absolute atomic E-state index is 0.191. The standard InChI is InChI=1S/C22H30N2O4/c1-22(2,17-10-11-19(27-4)20(14-17)28-5)15-24-21(25)23-13-12-16-8-6-7-9-18(16)26-3/h6-11,14H,12-13,15H2,1-5H3,(H2,23,24,25). The summed E-state index contributed by atoms with van der Waals surface area (Å²) in [5.41, 5.74) is 1.86. The topological polar surface area (TPSA) is 68.8 Å². The molecule has 0 aliphatic rings. The highest BCUT2D eigenvalue weighted by atomic mass is 16.5. The number of methoxy groups -OCH3 is 3. The molecule has 2 aromatic rings. The van der Waals surface area contributed by atoms with Crippen molar-refractivity contribution < 1.29 is 19.0 Å². The molecule has 0 aliphatic heterocycles. The third kappa shape index (κ3) is 5.55. The average Bonchev–Trinajstić information content (AvgIpc) is 2.72. The lowest BCUT2D eigenvalue weighted by molar-refractivity contribution is 0.238. The van der Waals surface area contributed by atoms with Gasteiger partial charge in [0.2, 0.25) is 0 Å². The van der Waals surface area contributed by atoms with Crippen molar-refractivity contribution in [3.63, 3.8) is 0 Å². The molecular weight excluding hydrogens is 356 g/mol. The highest BCUT2D eigenvalue weighted by Gasteiger charge is 2.23. The Morgan fingerprint density at radius 1 is 0.893 bits per heavy atom. The van der Waals surface area contributed by atoms with Crippen molar-refractivity contribution in [2.24, 2.45) is 0 Å². The zero-order valence-corrected chi connectivity index (χ0v) is 17.3. The molecule has 0 radical (unpaired) electrons. The van der Waals surface area contributed by atoms with Crippen molar-refractivity contribution in [3.05, 3.63) is 53.6 Å². The molecule has 0 spiro atoms. The summed E-state index contributed by atoms with van der Waals surface area (Å²) < 4.78 is 16.0. The normalized spacial score (nSPS) is 10.9. The van der Waals surface area contributed by atoms with Crippen LogP contribution in [0.3, 0.4) is 0 Å². The molecule has 2 N–H and O–H groups in total. The van der Waals surface area contributed by atoms with Crippen LogP contribution in [0, 0.1) is 0 Å². The summed E-state index contributed by atoms with van der Waals surface area (Å²) >= 11 is 0. The van der Waals surface area contributed by atoms with Gasteiger partial charge in [-0.1, -0.05) is 38.1 Å². The molecule has 2 amide bonds. The monoisotopic (exact) mass is 386 g/mol. The first kappa shape index (κ1) is 21.4. The van der Waals surface area contributed by atoms with Crippen LogP contribution in [0.15, 0.2) is 42.5 Å². The summed E-state index contributed by atoms with van der Waals surface area (Å²) in [6, 6.07) is 13.4. The van der Waals surface area contributed by atoms with Crippen molar-refractivity contribution in [1.82, 2.24) is 10.6 Å². The number of para-hydroxylation sites is 1. The van der Waals surface area contributed by atoms with Crippen molar-refractivity contribution in [1.29, 1.82) is 0 Å². The Labute approximate surface area is 167 Å². The van der Waals surface area contributed by atoms with Gasteiger partial charge in [0.1, 0.15) is 5.75 Å². The van der Waals surface area contributed by atoms with Gasteiger partial charge < -0.3 is 24.8 Å². The second-order valence-electron chi connectivity index (χ2n) is 7.12. The maximum Gasteiger partial charge on any atom is 0.314 e. The minimum atomic E-state index is -0.264. The lowest BCUT2D eigenvalue weighted by atomic mass is 9.84. The molecule has 0 saturated carbocycles. The van der Waals surface area contributed by atoms with Gasteiger partial charge in [-0.25, -0.2) is 4.79 Å². The van der Waals surface area contributed by atoms with Crippen LogP contribution in [0.4, 0.5) is 4.79 Å². The van der Waals surface area contributed by atoms with Gasteiger partial charge in [-0.3, -0.25) is 0 Å². The van der Waals surface area contributed by atoms with E-state index < -0.39 is 0 Å². The van der Waals surface area contributed by atoms with E-state index in [-0.39, 0.29) is 11.4 Å². The van der Waals surface area contributed by atoms with E-state index in [1.807, 2.05) is 42.5 Å². The summed E-state index contributed by atoms with van der Waals surface area (Å²) in [7, 11) is 4.87. The van der Waals surface area contributed by atoms with E-state index in [2.05, 4.69) is 24.5 Å². The number of rotatable bonds is 9. The van der Waals surface area contributed by atoms with Crippen LogP contribution >= 0.6 is 0 Å². The van der Waals surface area contributed by atoms with Crippen LogP contribution in [0.5, 0.6) is 17.2 Å². The molecule has 0 bridgehead atoms. The van der Waals surface area contributed by atoms with Crippen LogP contribution in [-0.2, 0) is 11.8 Å². The van der Waals surface area contributed by atoms with Crippen LogP contribution in [-0.4, -0.2) is 40.5 Å². The SMILES string of the molecule is COc1ccccc1CCNC(=O)NCC(C)(C)c1ccc(OC)c(OC)c1. The zero-order chi connectivity index (χ0) is 20.6. The summed E-state index contributed by atoms with van der Waals surface area (Å²) in [4.78, 5) is 12.2. The van der Waals surface area contributed by atoms with Crippen LogP contribution in [0.2, 0.25) is 0 Å². The van der Waals surface area contributed by atoms with Gasteiger partial charge in [-0.15, -0.1) is 0 Å². The number of hydrogen-bond donors (Lipinski definition) is 2. The largest absolute Gasteiger partial charge is 0.496 e. The lowest BCUT2D eigenvalue weighted by Crippen LogP contribution is -2.42. The zero-order valence-electron chi connectivity index (χ0n) is 17.3. The maximum atomic E-state index is 12.2. The first-order chi connectivity index (χ1) is 13.4. The predicted molar refractivity (Wildman–Crippen MR) is 111 cm³/mol. The first-order valence-electron chi connectivity index (χ1n) is 9.27. The number of benzene rings is 2. The molecular formula is C22H30N2O4. The number of amides is 2. The number of carbonyl (C=O) groups is 1. The average molecular weight is 386 g/mol. The van der Waals surface area contributed by atoms with E-state index in [4.69, 9.17) is 14.2 Å². The highest BCUT2D eigenvalue weighted by molar-refractivity contribution is 5.74. The molecule has 2 rings (SSSR count). The molecule has 0 unspecified atom stereocenters. The predicted octanol–water partition coefficient (Wildman–Crippen LogP) is 3.53. The van der Waals surface area contributed by atoms with Gasteiger partial charge >= 0.3 is 6.03 Å². The van der Waals surface area contributed by atoms with E-state index >= 15 is 0 Å². The van der Waals surface area contributed by atoms with Gasteiger partial charge in [0.05, 0.1) is 21.3 Å². The highest BCUT2D eigenvalue weighted by Crippen LogP contribution is 2.32. The van der Waals surface area contributed by atoms with E-state index in [1.165, 1.54) is 0 Å². The molecule has 2 aromatic carbocycles. The summed E-state index contributed by atoms with van der Waals surface area (Å²) in [5.74, 6) is 2.19. The molecule has 6 nitrogen and oxygen atoms in total. The molecule has 6 heteroatoms. The summed E-state index contributed by atoms with van der Waals surface area (Å²) in [6.07, 6.45) is 0.705. The molecule has 0 aromatic heterocycles. The van der Waals surface area contributed by atoms with Crippen molar-refractivity contribution in [2.75, 3.05) is 34.4 Å². The number of ether oxygens (including phenoxy) is 3. The Kier molecular flexibility index (Phi) is 7.55. The molecule has 0 aliphatic carbocycles. The third-order valence-corrected chi connectivity index (χ3v) is 4.73. The fourth-order valence-electron chi connectivity index (χ4n) is 2.94. The van der Waals surface area contributed by atoms with E-state index in [9.17, 15) is 4.79 Å². The van der Waals surface area contributed by atoms with Crippen LogP contribution in [0.1, 0.15) is 25.0 Å². The quantitative estimate of drug-likeness (QED) is 0.692. The third-order valence-electron chi connectivity index (χ3n) is 4.73. The van der Waals surface area contributed by atoms with Crippen molar-refractivity contribution in [2.45, 2.75) is 25.7 Å². The fraction of sp³-hybridized carbons (Fsp3) is 0.409. The summed E-state index contributed by atoms with van der Waals surface area (Å²) in [6.45, 7) is 5.17. The lowest BCUT2D eigenvalue weighted by Gasteiger charge is -2.26. The number of hydrogen-bond acceptors (Lipinski definition) is 4. The Hall–Kier alpha value is -2.89. The maximum absolute atomic E-state index is 12.2. The number of urea groups is 1. The molecule has 0 fully saturated rings. The van der Waals surface area contributed by atoms with Gasteiger partial charge in [0, 0.05) is 18.5 Å². The second-order valence-corrected chi connectivity index (χ2v) is 7.12. The van der Waals surface area contributed by atoms with Crippen molar-refractivity contribution in [3.8, 4) is 17.2 Å². The Morgan fingerprint density at radius 2 is 1.57 bits per heavy atom. The number of carbonyl (C=O) groups excluding carboxylic acids is 1. The van der Waals surface area contributed by atoms with Gasteiger partial charge in [0.15, 0.2) is 11.5 Å². The van der Waals surface area contributed by atoms with Gasteiger partial charge in [0.25, 0.3) is 0 Å². The van der Waals surface area contributed by atoms with Gasteiger partial charge in [-0.2, -0.15) is 0 Å². The van der Waals surface area contributed by atoms with E-state index in [0.29, 0.717) is 31.0 Å². The fourth-order valence-corrected chi connectivity index (χ4v) is 2.94. The number of nitrogens with one attached hydrogen (secondary N) is 2. The minimum Gasteiger partial charge on any atom is -0.496 e. The first-order valence-corrected chi connectivity index (χ1v) is 9.27. The Morgan fingerprint density at radius 3 is 2.25 bits per heavy atom. The molecule has 28 heavy (non-hydrogen) atoms. The van der Waals surface area contributed by atoms with Gasteiger partial charge in [-0.05, 0) is 35.7 Å². The molecule has 0 atom stereocenters. The Balaban J connectivity index is 1.87.